The number of nitrogens with two attached hydrogens (primary N) is 1. The second kappa shape index (κ2) is 5.61. The number of carbonyl (C=O) groups excluding carboxylic acids is 1. The molecule has 2 fully saturated rings. The van der Waals surface area contributed by atoms with Gasteiger partial charge in [-0.2, -0.15) is 11.8 Å². The minimum atomic E-state index is -0.228. The molecule has 0 spiro atoms. The van der Waals surface area contributed by atoms with Crippen LogP contribution in [-0.4, -0.2) is 41.9 Å². The van der Waals surface area contributed by atoms with E-state index in [1.165, 1.54) is 0 Å². The summed E-state index contributed by atoms with van der Waals surface area (Å²) in [6, 6.07) is 0. The van der Waals surface area contributed by atoms with Crippen molar-refractivity contribution in [2.24, 2.45) is 17.1 Å². The van der Waals surface area contributed by atoms with Crippen LogP contribution in [0.1, 0.15) is 32.6 Å². The van der Waals surface area contributed by atoms with Gasteiger partial charge in [0.1, 0.15) is 0 Å². The lowest BCUT2D eigenvalue weighted by molar-refractivity contribution is -0.143. The molecule has 1 saturated heterocycles. The van der Waals surface area contributed by atoms with Crippen LogP contribution < -0.4 is 5.73 Å². The lowest BCUT2D eigenvalue weighted by Crippen LogP contribution is -2.51. The van der Waals surface area contributed by atoms with Gasteiger partial charge in [0.15, 0.2) is 0 Å². The zero-order chi connectivity index (χ0) is 12.3. The molecule has 1 aliphatic carbocycles. The summed E-state index contributed by atoms with van der Waals surface area (Å²) < 4.78 is 0. The summed E-state index contributed by atoms with van der Waals surface area (Å²) in [5, 5.41) is 0. The molecule has 0 radical (unpaired) electrons. The second-order valence-corrected chi connectivity index (χ2v) is 6.80. The molecule has 0 aromatic carbocycles. The van der Waals surface area contributed by atoms with Crippen LogP contribution in [0.15, 0.2) is 0 Å². The molecule has 4 heteroatoms. The van der Waals surface area contributed by atoms with E-state index in [1.807, 2.05) is 11.8 Å². The van der Waals surface area contributed by atoms with E-state index in [4.69, 9.17) is 5.73 Å². The van der Waals surface area contributed by atoms with Crippen molar-refractivity contribution in [2.45, 2.75) is 32.6 Å². The van der Waals surface area contributed by atoms with Crippen LogP contribution in [0.3, 0.4) is 0 Å². The molecule has 3 nitrogen and oxygen atoms in total. The topological polar surface area (TPSA) is 46.3 Å². The number of nitrogens with zero attached hydrogens (tertiary/aromatic N) is 1. The first-order chi connectivity index (χ1) is 8.18. The van der Waals surface area contributed by atoms with E-state index in [0.717, 1.165) is 56.2 Å². The Morgan fingerprint density at radius 3 is 2.47 bits per heavy atom. The number of carbonyl (C=O) groups is 1. The highest BCUT2D eigenvalue weighted by Gasteiger charge is 2.42. The number of rotatable bonds is 2. The van der Waals surface area contributed by atoms with Crippen molar-refractivity contribution in [3.8, 4) is 0 Å². The Morgan fingerprint density at radius 1 is 1.35 bits per heavy atom. The van der Waals surface area contributed by atoms with Crippen LogP contribution in [0, 0.1) is 11.3 Å². The van der Waals surface area contributed by atoms with Crippen LogP contribution >= 0.6 is 11.8 Å². The predicted molar refractivity (Wildman–Crippen MR) is 73.0 cm³/mol. The third kappa shape index (κ3) is 2.79. The Hall–Kier alpha value is -0.220. The zero-order valence-electron chi connectivity index (χ0n) is 10.8. The summed E-state index contributed by atoms with van der Waals surface area (Å²) in [6.45, 7) is 4.65. The normalized spacial score (nSPS) is 34.7. The summed E-state index contributed by atoms with van der Waals surface area (Å²) in [6.07, 6.45) is 4.30. The van der Waals surface area contributed by atoms with Gasteiger partial charge in [-0.05, 0) is 31.6 Å². The molecular weight excluding hydrogens is 232 g/mol. The van der Waals surface area contributed by atoms with Crippen molar-refractivity contribution in [1.29, 1.82) is 0 Å². The third-order valence-electron chi connectivity index (χ3n) is 4.37. The Balaban J connectivity index is 2.03. The number of hydrogen-bond donors (Lipinski definition) is 1. The van der Waals surface area contributed by atoms with E-state index in [1.54, 1.807) is 0 Å². The van der Waals surface area contributed by atoms with Gasteiger partial charge in [0, 0.05) is 31.1 Å². The van der Waals surface area contributed by atoms with Gasteiger partial charge in [-0.15, -0.1) is 0 Å². The fourth-order valence-electron chi connectivity index (χ4n) is 2.92. The average Bonchev–Trinajstić information content (AvgIpc) is 2.40. The predicted octanol–water partition coefficient (Wildman–Crippen LogP) is 1.72. The minimum absolute atomic E-state index is 0.228. The summed E-state index contributed by atoms with van der Waals surface area (Å²) in [5.41, 5.74) is 5.71. The zero-order valence-corrected chi connectivity index (χ0v) is 11.6. The molecule has 0 atom stereocenters. The molecule has 98 valence electrons. The standard InChI is InChI=1S/C13H24N2OS/c1-11-2-4-13(10-14,5-3-11)12(16)15-6-8-17-9-7-15/h11H,2-10,14H2,1H3. The Morgan fingerprint density at radius 2 is 1.94 bits per heavy atom. The largest absolute Gasteiger partial charge is 0.341 e. The van der Waals surface area contributed by atoms with Crippen LogP contribution in [0.25, 0.3) is 0 Å². The number of thioether (sulfide) groups is 1. The molecular formula is C13H24N2OS. The van der Waals surface area contributed by atoms with Crippen molar-refractivity contribution < 1.29 is 4.79 Å². The molecule has 0 aromatic heterocycles. The molecule has 17 heavy (non-hydrogen) atoms. The maximum absolute atomic E-state index is 12.6. The monoisotopic (exact) mass is 256 g/mol. The van der Waals surface area contributed by atoms with Crippen LogP contribution in [0.4, 0.5) is 0 Å². The summed E-state index contributed by atoms with van der Waals surface area (Å²) >= 11 is 1.94. The Kier molecular flexibility index (Phi) is 4.36. The van der Waals surface area contributed by atoms with Gasteiger partial charge in [0.05, 0.1) is 5.41 Å². The average molecular weight is 256 g/mol. The molecule has 0 unspecified atom stereocenters. The highest BCUT2D eigenvalue weighted by molar-refractivity contribution is 7.99. The third-order valence-corrected chi connectivity index (χ3v) is 5.32. The van der Waals surface area contributed by atoms with E-state index in [-0.39, 0.29) is 5.41 Å². The van der Waals surface area contributed by atoms with Gasteiger partial charge >= 0.3 is 0 Å². The molecule has 2 rings (SSSR count). The van der Waals surface area contributed by atoms with Gasteiger partial charge in [-0.3, -0.25) is 4.79 Å². The lowest BCUT2D eigenvalue weighted by atomic mass is 9.70. The lowest BCUT2D eigenvalue weighted by Gasteiger charge is -2.41. The van der Waals surface area contributed by atoms with Gasteiger partial charge < -0.3 is 10.6 Å². The number of hydrogen-bond acceptors (Lipinski definition) is 3. The quantitative estimate of drug-likeness (QED) is 0.818. The first kappa shape index (κ1) is 13.2. The van der Waals surface area contributed by atoms with E-state index < -0.39 is 0 Å². The van der Waals surface area contributed by atoms with Crippen molar-refractivity contribution >= 4 is 17.7 Å². The van der Waals surface area contributed by atoms with Gasteiger partial charge in [-0.25, -0.2) is 0 Å². The maximum atomic E-state index is 12.6. The minimum Gasteiger partial charge on any atom is -0.341 e. The van der Waals surface area contributed by atoms with E-state index in [2.05, 4.69) is 11.8 Å². The fourth-order valence-corrected chi connectivity index (χ4v) is 3.82. The molecule has 1 saturated carbocycles. The SMILES string of the molecule is CC1CCC(CN)(C(=O)N2CCSCC2)CC1. The van der Waals surface area contributed by atoms with Crippen molar-refractivity contribution in [3.05, 3.63) is 0 Å². The van der Waals surface area contributed by atoms with E-state index in [9.17, 15) is 4.79 Å². The highest BCUT2D eigenvalue weighted by atomic mass is 32.2. The smallest absolute Gasteiger partial charge is 0.230 e. The van der Waals surface area contributed by atoms with E-state index >= 15 is 0 Å². The first-order valence-corrected chi connectivity index (χ1v) is 7.90. The van der Waals surface area contributed by atoms with Crippen molar-refractivity contribution in [2.75, 3.05) is 31.1 Å². The first-order valence-electron chi connectivity index (χ1n) is 6.75. The molecule has 2 aliphatic rings. The van der Waals surface area contributed by atoms with Crippen LogP contribution in [-0.2, 0) is 4.79 Å². The maximum Gasteiger partial charge on any atom is 0.230 e. The second-order valence-electron chi connectivity index (χ2n) is 5.57. The molecule has 0 bridgehead atoms. The fraction of sp³-hybridized carbons (Fsp3) is 0.923. The molecule has 0 aromatic rings. The summed E-state index contributed by atoms with van der Waals surface area (Å²) in [7, 11) is 0. The molecule has 1 heterocycles. The number of amides is 1. The molecule has 1 amide bonds. The van der Waals surface area contributed by atoms with Crippen LogP contribution in [0.5, 0.6) is 0 Å². The van der Waals surface area contributed by atoms with Gasteiger partial charge in [0.25, 0.3) is 0 Å². The van der Waals surface area contributed by atoms with Crippen LogP contribution in [0.2, 0.25) is 0 Å². The summed E-state index contributed by atoms with van der Waals surface area (Å²) in [5.74, 6) is 3.28. The van der Waals surface area contributed by atoms with Crippen molar-refractivity contribution in [3.63, 3.8) is 0 Å². The Bertz CT molecular complexity index is 269. The van der Waals surface area contributed by atoms with Gasteiger partial charge in [-0.1, -0.05) is 6.92 Å². The van der Waals surface area contributed by atoms with E-state index in [0.29, 0.717) is 12.5 Å². The molecule has 2 N–H and O–H groups in total. The Labute approximate surface area is 108 Å². The molecule has 1 aliphatic heterocycles. The summed E-state index contributed by atoms with van der Waals surface area (Å²) in [4.78, 5) is 14.7. The van der Waals surface area contributed by atoms with Crippen molar-refractivity contribution in [1.82, 2.24) is 4.90 Å². The highest BCUT2D eigenvalue weighted by Crippen LogP contribution is 2.39. The van der Waals surface area contributed by atoms with Gasteiger partial charge in [0.2, 0.25) is 5.91 Å².